The van der Waals surface area contributed by atoms with E-state index in [-0.39, 0.29) is 239 Å². The molecule has 0 bridgehead atoms. The zero-order valence-corrected chi connectivity index (χ0v) is 59.8. The van der Waals surface area contributed by atoms with Crippen LogP contribution in [0.25, 0.3) is 0 Å². The monoisotopic (exact) mass is 1530 g/mol. The molecule has 0 aliphatic heterocycles. The summed E-state index contributed by atoms with van der Waals surface area (Å²) in [6, 6.07) is 0. The van der Waals surface area contributed by atoms with Gasteiger partial charge in [-0.3, -0.25) is 67.3 Å². The summed E-state index contributed by atoms with van der Waals surface area (Å²) in [6.45, 7) is 2.41. The second-order valence-corrected chi connectivity index (χ2v) is 22.0. The minimum Gasteiger partial charge on any atom is -0.481 e. The standard InChI is InChI=1S/C11H21NO5.C10H19NO5.C9H17NO5.C8H15NO5.C7H15NO4.C6H13NO4.C6H12O4.C5H10O4/c13-8-6-12(7-9-14)10(15)4-2-1-3-5-11(16)17;12-7-5-11(6-8-13)9(14)3-1-2-4-10(15)16;11-6-4-10(5-7-12)8(13)2-1-3-9(14)15;10-5-3-9(4-6-11)7(12)1-2-8(13)14;9-5-3-8(4-6-10)2-1-7(11)12;8-3-1-7(2-4-9)5-6(10)11;1-2-6(3-7,4-8)5(9)10;1-5(2-6,3-7)4(8)9/h13-14H,1-9H2,(H,16,17);12-13H,1-8H2,(H,15,16);11-12H,1-7H2,(H,14,15);10-11H,1-6H2,(H,13,14);9-10H,1-6H2,(H,11,12);8-9H,1-5H2,(H,10,11);7-8H,2-4H2,1H3,(H,9,10);6-7H,2-3H2,1H3,(H,8,9). The molecule has 0 spiro atoms. The molecule has 0 fully saturated rings. The van der Waals surface area contributed by atoms with Crippen LogP contribution in [0.2, 0.25) is 0 Å². The molecule has 0 heterocycles. The van der Waals surface area contributed by atoms with Crippen LogP contribution in [0.5, 0.6) is 0 Å². The normalized spacial score (nSPS) is 10.4. The number of unbranched alkanes of at least 4 members (excludes halogenated alkanes) is 3. The lowest BCUT2D eigenvalue weighted by molar-refractivity contribution is -0.155. The van der Waals surface area contributed by atoms with Crippen molar-refractivity contribution in [1.29, 1.82) is 0 Å². The molecular formula is C62H122N6O36. The number of carbonyl (C=O) groups excluding carboxylic acids is 4. The maximum atomic E-state index is 11.6. The predicted octanol–water partition coefficient (Wildman–Crippen LogP) is -7.38. The molecule has 0 radical (unpaired) electrons. The molecule has 4 amide bonds. The van der Waals surface area contributed by atoms with E-state index in [1.807, 2.05) is 0 Å². The second-order valence-electron chi connectivity index (χ2n) is 22.0. The van der Waals surface area contributed by atoms with Gasteiger partial charge in [0.05, 0.1) is 125 Å². The lowest BCUT2D eigenvalue weighted by Gasteiger charge is -2.21. The summed E-state index contributed by atoms with van der Waals surface area (Å²) in [5.41, 5.74) is -2.74. The number of hydrogen-bond donors (Lipinski definition) is 24. The van der Waals surface area contributed by atoms with Crippen LogP contribution in [0.3, 0.4) is 0 Å². The number of aliphatic carboxylic acids is 8. The Morgan fingerprint density at radius 3 is 0.721 bits per heavy atom. The van der Waals surface area contributed by atoms with Gasteiger partial charge in [0, 0.05) is 130 Å². The Hall–Kier alpha value is -7.08. The topological polar surface area (TPSA) is 710 Å². The van der Waals surface area contributed by atoms with Crippen LogP contribution in [0, 0.1) is 10.8 Å². The maximum absolute atomic E-state index is 11.6. The Morgan fingerprint density at radius 2 is 0.500 bits per heavy atom. The zero-order chi connectivity index (χ0) is 81.9. The quantitative estimate of drug-likeness (QED) is 0.0252. The molecule has 0 aliphatic carbocycles. The van der Waals surface area contributed by atoms with E-state index in [1.54, 1.807) is 11.8 Å². The van der Waals surface area contributed by atoms with E-state index in [2.05, 4.69) is 0 Å². The van der Waals surface area contributed by atoms with Gasteiger partial charge in [-0.05, 0) is 45.4 Å². The van der Waals surface area contributed by atoms with Crippen molar-refractivity contribution in [1.82, 2.24) is 29.4 Å². The van der Waals surface area contributed by atoms with Crippen molar-refractivity contribution in [3.63, 3.8) is 0 Å². The van der Waals surface area contributed by atoms with Gasteiger partial charge in [-0.15, -0.1) is 0 Å². The van der Waals surface area contributed by atoms with Crippen molar-refractivity contribution in [3.05, 3.63) is 0 Å². The Balaban J connectivity index is -0.000000170. The van der Waals surface area contributed by atoms with Crippen LogP contribution < -0.4 is 0 Å². The Kier molecular flexibility index (Phi) is 85.1. The molecule has 42 nitrogen and oxygen atoms in total. The third-order valence-corrected chi connectivity index (χ3v) is 13.6. The number of carboxylic acid groups (broad SMARTS) is 8. The third kappa shape index (κ3) is 73.2. The van der Waals surface area contributed by atoms with Gasteiger partial charge in [0.1, 0.15) is 10.8 Å². The van der Waals surface area contributed by atoms with Crippen molar-refractivity contribution in [3.8, 4) is 0 Å². The smallest absolute Gasteiger partial charge is 0.317 e. The van der Waals surface area contributed by atoms with Crippen LogP contribution >= 0.6 is 0 Å². The fourth-order valence-corrected chi connectivity index (χ4v) is 7.29. The molecule has 0 saturated carbocycles. The zero-order valence-electron chi connectivity index (χ0n) is 59.8. The summed E-state index contributed by atoms with van der Waals surface area (Å²) in [4.78, 5) is 136. The van der Waals surface area contributed by atoms with Crippen molar-refractivity contribution in [2.24, 2.45) is 10.8 Å². The summed E-state index contributed by atoms with van der Waals surface area (Å²) in [7, 11) is 0. The molecule has 0 atom stereocenters. The van der Waals surface area contributed by atoms with E-state index < -0.39 is 85.0 Å². The van der Waals surface area contributed by atoms with Crippen LogP contribution in [0.15, 0.2) is 0 Å². The minimum absolute atomic E-state index is 0.0143. The first kappa shape index (κ1) is 113. The first-order valence-corrected chi connectivity index (χ1v) is 33.1. The van der Waals surface area contributed by atoms with Gasteiger partial charge in [-0.25, -0.2) is 0 Å². The first-order valence-electron chi connectivity index (χ1n) is 33.1. The molecular weight excluding hydrogens is 1400 g/mol. The van der Waals surface area contributed by atoms with Crippen LogP contribution in [0.4, 0.5) is 0 Å². The minimum atomic E-state index is -1.39. The molecule has 0 saturated heterocycles. The van der Waals surface area contributed by atoms with E-state index in [0.717, 1.165) is 0 Å². The summed E-state index contributed by atoms with van der Waals surface area (Å²) < 4.78 is 0. The Morgan fingerprint density at radius 1 is 0.250 bits per heavy atom. The molecule has 0 aromatic carbocycles. The van der Waals surface area contributed by atoms with Crippen LogP contribution in [-0.2, 0) is 57.5 Å². The molecule has 104 heavy (non-hydrogen) atoms. The van der Waals surface area contributed by atoms with Gasteiger partial charge >= 0.3 is 47.8 Å². The van der Waals surface area contributed by atoms with Crippen LogP contribution in [0.1, 0.15) is 117 Å². The van der Waals surface area contributed by atoms with Crippen molar-refractivity contribution in [2.45, 2.75) is 117 Å². The van der Waals surface area contributed by atoms with Gasteiger partial charge in [0.15, 0.2) is 0 Å². The number of aliphatic hydroxyl groups excluding tert-OH is 16. The van der Waals surface area contributed by atoms with Gasteiger partial charge in [0.25, 0.3) is 0 Å². The Bertz CT molecular complexity index is 2160. The van der Waals surface area contributed by atoms with Crippen LogP contribution in [-0.4, -0.2) is 421 Å². The van der Waals surface area contributed by atoms with Gasteiger partial charge < -0.3 is 142 Å². The Labute approximate surface area is 604 Å². The number of carboxylic acids is 8. The summed E-state index contributed by atoms with van der Waals surface area (Å²) in [6.07, 6.45) is 3.98. The van der Waals surface area contributed by atoms with Gasteiger partial charge in [0.2, 0.25) is 23.6 Å². The number of nitrogens with zero attached hydrogens (tertiary/aromatic N) is 6. The number of carbonyl (C=O) groups is 12. The molecule has 42 heteroatoms. The highest BCUT2D eigenvalue weighted by Gasteiger charge is 2.35. The largest absolute Gasteiger partial charge is 0.481 e. The molecule has 0 rings (SSSR count). The third-order valence-electron chi connectivity index (χ3n) is 13.6. The van der Waals surface area contributed by atoms with E-state index >= 15 is 0 Å². The lowest BCUT2D eigenvalue weighted by atomic mass is 9.87. The predicted molar refractivity (Wildman–Crippen MR) is 364 cm³/mol. The van der Waals surface area contributed by atoms with E-state index in [0.29, 0.717) is 58.2 Å². The van der Waals surface area contributed by atoms with Gasteiger partial charge in [-0.2, -0.15) is 0 Å². The molecule has 616 valence electrons. The number of hydrogen-bond acceptors (Lipinski definition) is 30. The molecule has 0 aromatic rings. The molecule has 0 aromatic heterocycles. The second kappa shape index (κ2) is 78.5. The molecule has 0 unspecified atom stereocenters. The molecule has 24 N–H and O–H groups in total. The fourth-order valence-electron chi connectivity index (χ4n) is 7.29. The number of rotatable bonds is 54. The summed E-state index contributed by atoms with van der Waals surface area (Å²) in [5.74, 6) is -8.68. The first-order chi connectivity index (χ1) is 49.0. The fraction of sp³-hybridized carbons (Fsp3) is 0.806. The van der Waals surface area contributed by atoms with Crippen molar-refractivity contribution in [2.75, 3.05) is 197 Å². The molecule has 0 aliphatic rings. The lowest BCUT2D eigenvalue weighted by Crippen LogP contribution is -2.37. The number of aliphatic hydroxyl groups is 16. The highest BCUT2D eigenvalue weighted by atomic mass is 16.4. The van der Waals surface area contributed by atoms with Crippen molar-refractivity contribution >= 4 is 71.4 Å². The van der Waals surface area contributed by atoms with Crippen molar-refractivity contribution < 1.29 is 180 Å². The number of amides is 4. The average molecular weight is 1530 g/mol. The average Bonchev–Trinajstić information content (AvgIpc) is 0.878. The van der Waals surface area contributed by atoms with Gasteiger partial charge in [-0.1, -0.05) is 13.3 Å². The van der Waals surface area contributed by atoms with E-state index in [1.165, 1.54) is 31.4 Å². The summed E-state index contributed by atoms with van der Waals surface area (Å²) >= 11 is 0. The van der Waals surface area contributed by atoms with E-state index in [9.17, 15) is 57.5 Å². The highest BCUT2D eigenvalue weighted by molar-refractivity contribution is 5.81. The summed E-state index contributed by atoms with van der Waals surface area (Å²) in [5, 5.41) is 204. The highest BCUT2D eigenvalue weighted by Crippen LogP contribution is 2.20. The van der Waals surface area contributed by atoms with E-state index in [4.69, 9.17) is 123 Å². The SMILES string of the molecule is CC(CO)(CO)C(=O)O.CCC(CO)(CO)C(=O)O.O=C(O)CCC(=O)N(CCO)CCO.O=C(O)CCCC(=O)N(CCO)CCO.O=C(O)CCCCC(=O)N(CCO)CCO.O=C(O)CCCCCC(=O)N(CCO)CCO.O=C(O)CCN(CCO)CCO.O=C(O)CN(CCO)CCO. The maximum Gasteiger partial charge on any atom is 0.317 e.